The summed E-state index contributed by atoms with van der Waals surface area (Å²) in [5.41, 5.74) is 2.13. The molecule has 0 saturated carbocycles. The van der Waals surface area contributed by atoms with E-state index >= 15 is 0 Å². The third-order valence-electron chi connectivity index (χ3n) is 5.07. The van der Waals surface area contributed by atoms with Gasteiger partial charge in [0.1, 0.15) is 5.75 Å². The average Bonchev–Trinajstić information content (AvgIpc) is 2.85. The van der Waals surface area contributed by atoms with Gasteiger partial charge in [-0.2, -0.15) is 0 Å². The monoisotopic (exact) mass is 518 g/mol. The van der Waals surface area contributed by atoms with Crippen LogP contribution in [-0.2, 0) is 27.9 Å². The van der Waals surface area contributed by atoms with E-state index < -0.39 is 10.0 Å². The van der Waals surface area contributed by atoms with Crippen LogP contribution >= 0.6 is 11.6 Å². The van der Waals surface area contributed by atoms with E-state index in [0.717, 1.165) is 17.4 Å². The van der Waals surface area contributed by atoms with Crippen molar-refractivity contribution in [2.75, 3.05) is 31.4 Å². The number of ether oxygens (including phenoxy) is 3. The molecule has 0 bridgehead atoms. The summed E-state index contributed by atoms with van der Waals surface area (Å²) >= 11 is 5.91. The average molecular weight is 519 g/mol. The Morgan fingerprint density at radius 2 is 1.54 bits per heavy atom. The lowest BCUT2D eigenvalue weighted by Crippen LogP contribution is -2.29. The van der Waals surface area contributed by atoms with Crippen LogP contribution in [-0.4, -0.2) is 41.4 Å². The Morgan fingerprint density at radius 1 is 0.914 bits per heavy atom. The third kappa shape index (κ3) is 7.53. The van der Waals surface area contributed by atoms with Gasteiger partial charge in [0.25, 0.3) is 5.91 Å². The zero-order valence-corrected chi connectivity index (χ0v) is 21.2. The number of hydrogen-bond donors (Lipinski definition) is 1. The van der Waals surface area contributed by atoms with Crippen LogP contribution in [0.4, 0.5) is 5.69 Å². The van der Waals surface area contributed by atoms with Crippen molar-refractivity contribution in [1.82, 2.24) is 5.32 Å². The summed E-state index contributed by atoms with van der Waals surface area (Å²) in [6.45, 7) is 0.275. The van der Waals surface area contributed by atoms with Crippen LogP contribution in [0.2, 0.25) is 5.02 Å². The summed E-state index contributed by atoms with van der Waals surface area (Å²) in [5, 5.41) is 3.36. The molecule has 0 aliphatic heterocycles. The first kappa shape index (κ1) is 26.2. The molecule has 10 heteroatoms. The van der Waals surface area contributed by atoms with Crippen molar-refractivity contribution in [3.8, 4) is 17.2 Å². The fourth-order valence-electron chi connectivity index (χ4n) is 3.26. The zero-order chi connectivity index (χ0) is 25.4. The molecule has 1 N–H and O–H groups in total. The van der Waals surface area contributed by atoms with Gasteiger partial charge in [-0.3, -0.25) is 9.10 Å². The predicted octanol–water partition coefficient (Wildman–Crippen LogP) is 4.02. The summed E-state index contributed by atoms with van der Waals surface area (Å²) in [6, 6.07) is 18.9. The maximum atomic E-state index is 12.4. The smallest absolute Gasteiger partial charge is 0.258 e. The van der Waals surface area contributed by atoms with Gasteiger partial charge in [0, 0.05) is 11.6 Å². The first-order chi connectivity index (χ1) is 16.7. The Balaban J connectivity index is 1.57. The van der Waals surface area contributed by atoms with Crippen LogP contribution in [0.15, 0.2) is 66.7 Å². The van der Waals surface area contributed by atoms with Crippen molar-refractivity contribution in [3.63, 3.8) is 0 Å². The largest absolute Gasteiger partial charge is 0.493 e. The number of nitrogens with zero attached hydrogens (tertiary/aromatic N) is 1. The molecule has 8 nitrogen and oxygen atoms in total. The number of rotatable bonds is 11. The molecule has 0 atom stereocenters. The molecule has 0 radical (unpaired) electrons. The number of anilines is 1. The van der Waals surface area contributed by atoms with Gasteiger partial charge in [0.05, 0.1) is 32.7 Å². The molecule has 0 unspecified atom stereocenters. The van der Waals surface area contributed by atoms with E-state index in [1.54, 1.807) is 74.9 Å². The minimum absolute atomic E-state index is 0.161. The Kier molecular flexibility index (Phi) is 8.84. The van der Waals surface area contributed by atoms with Gasteiger partial charge < -0.3 is 19.5 Å². The van der Waals surface area contributed by atoms with E-state index in [0.29, 0.717) is 34.5 Å². The van der Waals surface area contributed by atoms with Gasteiger partial charge in [-0.25, -0.2) is 8.42 Å². The van der Waals surface area contributed by atoms with Crippen molar-refractivity contribution in [2.45, 2.75) is 13.1 Å². The number of amides is 1. The summed E-state index contributed by atoms with van der Waals surface area (Å²) in [5.74, 6) is 1.33. The molecule has 3 aromatic rings. The van der Waals surface area contributed by atoms with E-state index in [9.17, 15) is 13.2 Å². The molecule has 0 aliphatic carbocycles. The maximum Gasteiger partial charge on any atom is 0.258 e. The molecule has 35 heavy (non-hydrogen) atoms. The standard InChI is InChI=1S/C25H27ClN2O6S/c1-32-23-13-6-19(14-24(23)33-2)15-27-25(29)17-34-22-11-9-21(10-12-22)28(35(3,30)31)16-18-4-7-20(26)8-5-18/h4-14H,15-17H2,1-3H3,(H,27,29). The van der Waals surface area contributed by atoms with Gasteiger partial charge in [-0.05, 0) is 59.7 Å². The highest BCUT2D eigenvalue weighted by Gasteiger charge is 2.18. The van der Waals surface area contributed by atoms with Crippen molar-refractivity contribution in [2.24, 2.45) is 0 Å². The third-order valence-corrected chi connectivity index (χ3v) is 6.46. The molecular weight excluding hydrogens is 492 g/mol. The minimum Gasteiger partial charge on any atom is -0.493 e. The first-order valence-electron chi connectivity index (χ1n) is 10.6. The molecule has 3 aromatic carbocycles. The summed E-state index contributed by atoms with van der Waals surface area (Å²) in [6.07, 6.45) is 1.15. The van der Waals surface area contributed by atoms with Crippen LogP contribution in [0.5, 0.6) is 17.2 Å². The minimum atomic E-state index is -3.53. The highest BCUT2D eigenvalue weighted by Crippen LogP contribution is 2.27. The topological polar surface area (TPSA) is 94.2 Å². The summed E-state index contributed by atoms with van der Waals surface area (Å²) in [7, 11) is -0.425. The number of benzene rings is 3. The van der Waals surface area contributed by atoms with Gasteiger partial charge in [-0.15, -0.1) is 0 Å². The van der Waals surface area contributed by atoms with Gasteiger partial charge in [-0.1, -0.05) is 29.8 Å². The molecule has 3 rings (SSSR count). The van der Waals surface area contributed by atoms with E-state index in [1.165, 1.54) is 4.31 Å². The fraction of sp³-hybridized carbons (Fsp3) is 0.240. The SMILES string of the molecule is COc1ccc(CNC(=O)COc2ccc(N(Cc3ccc(Cl)cc3)S(C)(=O)=O)cc2)cc1OC. The number of methoxy groups -OCH3 is 2. The molecule has 1 amide bonds. The first-order valence-corrected chi connectivity index (χ1v) is 12.8. The molecule has 0 aromatic heterocycles. The van der Waals surface area contributed by atoms with Crippen LogP contribution in [0.3, 0.4) is 0 Å². The molecule has 186 valence electrons. The maximum absolute atomic E-state index is 12.4. The van der Waals surface area contributed by atoms with Crippen LogP contribution in [0.1, 0.15) is 11.1 Å². The van der Waals surface area contributed by atoms with E-state index in [4.69, 9.17) is 25.8 Å². The number of carbonyl (C=O) groups is 1. The van der Waals surface area contributed by atoms with Crippen LogP contribution < -0.4 is 23.8 Å². The van der Waals surface area contributed by atoms with E-state index in [2.05, 4.69) is 5.32 Å². The van der Waals surface area contributed by atoms with E-state index in [1.807, 2.05) is 6.07 Å². The van der Waals surface area contributed by atoms with Crippen LogP contribution in [0, 0.1) is 0 Å². The van der Waals surface area contributed by atoms with Crippen molar-refractivity contribution >= 4 is 33.2 Å². The second-order valence-corrected chi connectivity index (χ2v) is 9.99. The quantitative estimate of drug-likeness (QED) is 0.412. The molecule has 0 spiro atoms. The van der Waals surface area contributed by atoms with Crippen molar-refractivity contribution < 1.29 is 27.4 Å². The highest BCUT2D eigenvalue weighted by atomic mass is 35.5. The summed E-state index contributed by atoms with van der Waals surface area (Å²) in [4.78, 5) is 12.2. The van der Waals surface area contributed by atoms with Gasteiger partial charge in [0.15, 0.2) is 18.1 Å². The van der Waals surface area contributed by atoms with Crippen molar-refractivity contribution in [1.29, 1.82) is 0 Å². The highest BCUT2D eigenvalue weighted by molar-refractivity contribution is 7.92. The molecule has 0 fully saturated rings. The number of halogens is 1. The van der Waals surface area contributed by atoms with Gasteiger partial charge in [0.2, 0.25) is 10.0 Å². The Labute approximate surface area is 210 Å². The molecule has 0 aliphatic rings. The molecule has 0 saturated heterocycles. The zero-order valence-electron chi connectivity index (χ0n) is 19.7. The Bertz CT molecular complexity index is 1250. The lowest BCUT2D eigenvalue weighted by molar-refractivity contribution is -0.123. The molecule has 0 heterocycles. The second-order valence-electron chi connectivity index (χ2n) is 7.64. The number of sulfonamides is 1. The van der Waals surface area contributed by atoms with Crippen molar-refractivity contribution in [3.05, 3.63) is 82.9 Å². The number of hydrogen-bond acceptors (Lipinski definition) is 6. The lowest BCUT2D eigenvalue weighted by Gasteiger charge is -2.23. The molecular formula is C25H27ClN2O6S. The van der Waals surface area contributed by atoms with E-state index in [-0.39, 0.29) is 19.1 Å². The number of nitrogens with one attached hydrogen (secondary N) is 1. The lowest BCUT2D eigenvalue weighted by atomic mass is 10.2. The second kappa shape index (κ2) is 11.8. The predicted molar refractivity (Wildman–Crippen MR) is 136 cm³/mol. The Morgan fingerprint density at radius 3 is 2.14 bits per heavy atom. The number of carbonyl (C=O) groups excluding carboxylic acids is 1. The fourth-order valence-corrected chi connectivity index (χ4v) is 4.27. The van der Waals surface area contributed by atoms with Gasteiger partial charge >= 0.3 is 0 Å². The van der Waals surface area contributed by atoms with Crippen LogP contribution in [0.25, 0.3) is 0 Å². The summed E-state index contributed by atoms with van der Waals surface area (Å²) < 4.78 is 42.0. The normalized spacial score (nSPS) is 11.0. The Hall–Kier alpha value is -3.43.